The van der Waals surface area contributed by atoms with Gasteiger partial charge in [-0.3, -0.25) is 0 Å². The summed E-state index contributed by atoms with van der Waals surface area (Å²) in [5, 5.41) is 0. The van der Waals surface area contributed by atoms with Gasteiger partial charge in [-0.15, -0.1) is 0 Å². The molecule has 0 saturated carbocycles. The molecule has 0 saturated heterocycles. The Morgan fingerprint density at radius 2 is 1.04 bits per heavy atom. The smallest absolute Gasteiger partial charge is 0.0487 e. The normalized spacial score (nSPS) is 11.4. The van der Waals surface area contributed by atoms with Gasteiger partial charge in [0.15, 0.2) is 0 Å². The molecule has 0 aromatic heterocycles. The molecular weight excluding hydrogens is 555 g/mol. The quantitative estimate of drug-likeness (QED) is 0.176. The predicted molar refractivity (Wildman–Crippen MR) is 201 cm³/mol. The first-order chi connectivity index (χ1) is 22.3. The van der Waals surface area contributed by atoms with Crippen LogP contribution in [0.25, 0.3) is 33.4 Å². The SMILES string of the molecule is CCC(C)c1ccccc1-c1ccccc1C.Cc1ccc(-c2ccc(N(C)c3ccccc3-c3ccccc3)cc2C)c(C)c1. The van der Waals surface area contributed by atoms with E-state index < -0.39 is 0 Å². The molecular formula is C45H47N. The molecule has 0 N–H and O–H groups in total. The van der Waals surface area contributed by atoms with E-state index in [1.807, 2.05) is 0 Å². The lowest BCUT2D eigenvalue weighted by Crippen LogP contribution is -2.11. The van der Waals surface area contributed by atoms with E-state index >= 15 is 0 Å². The van der Waals surface area contributed by atoms with Gasteiger partial charge >= 0.3 is 0 Å². The molecule has 0 spiro atoms. The summed E-state index contributed by atoms with van der Waals surface area (Å²) >= 11 is 0. The van der Waals surface area contributed by atoms with E-state index in [2.05, 4.69) is 193 Å². The van der Waals surface area contributed by atoms with Crippen LogP contribution in [0.2, 0.25) is 0 Å². The Kier molecular flexibility index (Phi) is 10.6. The van der Waals surface area contributed by atoms with Crippen LogP contribution < -0.4 is 4.90 Å². The van der Waals surface area contributed by atoms with Crippen molar-refractivity contribution in [1.82, 2.24) is 0 Å². The highest BCUT2D eigenvalue weighted by molar-refractivity contribution is 5.83. The first-order valence-corrected chi connectivity index (χ1v) is 16.5. The summed E-state index contributed by atoms with van der Waals surface area (Å²) in [4.78, 5) is 2.28. The Hall–Kier alpha value is -4.88. The number of benzene rings is 6. The van der Waals surface area contributed by atoms with Gasteiger partial charge in [-0.05, 0) is 108 Å². The van der Waals surface area contributed by atoms with E-state index in [9.17, 15) is 0 Å². The van der Waals surface area contributed by atoms with Crippen molar-refractivity contribution < 1.29 is 0 Å². The summed E-state index contributed by atoms with van der Waals surface area (Å²) < 4.78 is 0. The van der Waals surface area contributed by atoms with Gasteiger partial charge in [0.1, 0.15) is 0 Å². The summed E-state index contributed by atoms with van der Waals surface area (Å²) in [6.07, 6.45) is 1.18. The maximum atomic E-state index is 2.30. The molecule has 0 fully saturated rings. The highest BCUT2D eigenvalue weighted by Gasteiger charge is 2.13. The first-order valence-electron chi connectivity index (χ1n) is 16.5. The van der Waals surface area contributed by atoms with Gasteiger partial charge in [-0.1, -0.05) is 141 Å². The predicted octanol–water partition coefficient (Wildman–Crippen LogP) is 12.9. The molecule has 0 heterocycles. The summed E-state index contributed by atoms with van der Waals surface area (Å²) in [6.45, 7) is 13.3. The van der Waals surface area contributed by atoms with Crippen molar-refractivity contribution >= 4 is 11.4 Å². The molecule has 6 rings (SSSR count). The Bertz CT molecular complexity index is 1900. The summed E-state index contributed by atoms with van der Waals surface area (Å²) in [5.74, 6) is 0.616. The van der Waals surface area contributed by atoms with Crippen molar-refractivity contribution in [3.05, 3.63) is 167 Å². The lowest BCUT2D eigenvalue weighted by Gasteiger charge is -2.24. The Balaban J connectivity index is 0.000000209. The number of rotatable bonds is 7. The molecule has 1 nitrogen and oxygen atoms in total. The maximum Gasteiger partial charge on any atom is 0.0487 e. The second-order valence-corrected chi connectivity index (χ2v) is 12.5. The zero-order valence-corrected chi connectivity index (χ0v) is 28.5. The molecule has 6 aromatic carbocycles. The first kappa shape index (κ1) is 32.5. The van der Waals surface area contributed by atoms with Gasteiger partial charge < -0.3 is 4.90 Å². The average Bonchev–Trinajstić information content (AvgIpc) is 3.09. The molecule has 46 heavy (non-hydrogen) atoms. The molecule has 0 bridgehead atoms. The molecule has 0 aliphatic carbocycles. The molecule has 0 amide bonds. The number of nitrogens with zero attached hydrogens (tertiary/aromatic N) is 1. The summed E-state index contributed by atoms with van der Waals surface area (Å²) in [7, 11) is 2.15. The second kappa shape index (κ2) is 14.9. The van der Waals surface area contributed by atoms with Crippen molar-refractivity contribution in [1.29, 1.82) is 0 Å². The molecule has 1 atom stereocenters. The van der Waals surface area contributed by atoms with Gasteiger partial charge in [-0.25, -0.2) is 0 Å². The Morgan fingerprint density at radius 1 is 0.500 bits per heavy atom. The summed E-state index contributed by atoms with van der Waals surface area (Å²) in [6, 6.07) is 50.0. The molecule has 6 aromatic rings. The van der Waals surface area contributed by atoms with E-state index in [0.29, 0.717) is 5.92 Å². The average molecular weight is 602 g/mol. The minimum Gasteiger partial charge on any atom is -0.344 e. The van der Waals surface area contributed by atoms with Crippen LogP contribution in [0.15, 0.2) is 140 Å². The number of hydrogen-bond donors (Lipinski definition) is 0. The van der Waals surface area contributed by atoms with Crippen LogP contribution >= 0.6 is 0 Å². The second-order valence-electron chi connectivity index (χ2n) is 12.5. The third-order valence-electron chi connectivity index (χ3n) is 9.16. The van der Waals surface area contributed by atoms with Crippen LogP contribution in [0.5, 0.6) is 0 Å². The lowest BCUT2D eigenvalue weighted by atomic mass is 9.89. The fraction of sp³-hybridized carbons (Fsp3) is 0.200. The molecule has 1 heteroatoms. The number of para-hydroxylation sites is 1. The standard InChI is InChI=1S/C28H27N.C17H20/c1-20-14-16-25(21(2)18-20)26-17-15-24(19-22(26)3)29(4)28-13-9-8-12-27(28)23-10-6-5-7-11-23;1-4-13(2)15-10-7-8-12-17(15)16-11-6-5-9-14(16)3/h5-19H,1-4H3;5-13H,4H2,1-3H3. The van der Waals surface area contributed by atoms with Gasteiger partial charge in [0.2, 0.25) is 0 Å². The van der Waals surface area contributed by atoms with Gasteiger partial charge in [0, 0.05) is 24.0 Å². The molecule has 232 valence electrons. The Morgan fingerprint density at radius 3 is 1.70 bits per heavy atom. The van der Waals surface area contributed by atoms with Gasteiger partial charge in [0.05, 0.1) is 0 Å². The van der Waals surface area contributed by atoms with E-state index in [-0.39, 0.29) is 0 Å². The van der Waals surface area contributed by atoms with E-state index in [0.717, 1.165) is 0 Å². The minimum atomic E-state index is 0.616. The van der Waals surface area contributed by atoms with Crippen LogP contribution in [0.1, 0.15) is 54.0 Å². The molecule has 1 unspecified atom stereocenters. The fourth-order valence-electron chi connectivity index (χ4n) is 6.31. The maximum absolute atomic E-state index is 2.30. The van der Waals surface area contributed by atoms with Crippen molar-refractivity contribution in [3.63, 3.8) is 0 Å². The van der Waals surface area contributed by atoms with Gasteiger partial charge in [-0.2, -0.15) is 0 Å². The zero-order valence-electron chi connectivity index (χ0n) is 28.5. The van der Waals surface area contributed by atoms with Crippen LogP contribution in [-0.2, 0) is 0 Å². The summed E-state index contributed by atoms with van der Waals surface area (Å²) in [5.41, 5.74) is 17.0. The van der Waals surface area contributed by atoms with Crippen molar-refractivity contribution in [2.75, 3.05) is 11.9 Å². The van der Waals surface area contributed by atoms with Crippen molar-refractivity contribution in [3.8, 4) is 33.4 Å². The topological polar surface area (TPSA) is 3.24 Å². The Labute approximate surface area is 277 Å². The fourth-order valence-corrected chi connectivity index (χ4v) is 6.31. The highest BCUT2D eigenvalue weighted by Crippen LogP contribution is 2.37. The molecule has 0 radical (unpaired) electrons. The monoisotopic (exact) mass is 601 g/mol. The van der Waals surface area contributed by atoms with Crippen LogP contribution in [0.4, 0.5) is 11.4 Å². The zero-order chi connectivity index (χ0) is 32.6. The minimum absolute atomic E-state index is 0.616. The number of anilines is 2. The van der Waals surface area contributed by atoms with Crippen molar-refractivity contribution in [2.24, 2.45) is 0 Å². The van der Waals surface area contributed by atoms with Crippen LogP contribution in [0, 0.1) is 27.7 Å². The third kappa shape index (κ3) is 7.32. The molecule has 0 aliphatic heterocycles. The number of aryl methyl sites for hydroxylation is 4. The van der Waals surface area contributed by atoms with E-state index in [1.54, 1.807) is 0 Å². The molecule has 0 aliphatic rings. The number of hydrogen-bond acceptors (Lipinski definition) is 1. The van der Waals surface area contributed by atoms with Gasteiger partial charge in [0.25, 0.3) is 0 Å². The third-order valence-corrected chi connectivity index (χ3v) is 9.16. The lowest BCUT2D eigenvalue weighted by molar-refractivity contribution is 0.735. The van der Waals surface area contributed by atoms with Crippen molar-refractivity contribution in [2.45, 2.75) is 53.9 Å². The largest absolute Gasteiger partial charge is 0.344 e. The van der Waals surface area contributed by atoms with E-state index in [4.69, 9.17) is 0 Å². The highest BCUT2D eigenvalue weighted by atomic mass is 15.1. The van der Waals surface area contributed by atoms with E-state index in [1.165, 1.54) is 79.0 Å². The van der Waals surface area contributed by atoms with Crippen LogP contribution in [-0.4, -0.2) is 7.05 Å². The van der Waals surface area contributed by atoms with Crippen LogP contribution in [0.3, 0.4) is 0 Å².